The maximum Gasteiger partial charge on any atom is 0.357 e. The van der Waals surface area contributed by atoms with Gasteiger partial charge in [0.2, 0.25) is 5.95 Å². The number of hydrogen-bond acceptors (Lipinski definition) is 5. The van der Waals surface area contributed by atoms with Crippen LogP contribution in [0.4, 0.5) is 14.7 Å². The fraction of sp³-hybridized carbons (Fsp3) is 0.583. The molecule has 0 amide bonds. The van der Waals surface area contributed by atoms with E-state index in [1.807, 2.05) is 0 Å². The van der Waals surface area contributed by atoms with Gasteiger partial charge in [-0.15, -0.1) is 0 Å². The molecule has 1 aromatic rings. The van der Waals surface area contributed by atoms with Gasteiger partial charge in [-0.3, -0.25) is 0 Å². The number of esters is 1. The molecule has 1 aromatic heterocycles. The van der Waals surface area contributed by atoms with Crippen LogP contribution in [-0.2, 0) is 4.74 Å². The van der Waals surface area contributed by atoms with E-state index >= 15 is 0 Å². The number of ether oxygens (including phenoxy) is 1. The molecule has 7 heteroatoms. The van der Waals surface area contributed by atoms with E-state index in [9.17, 15) is 13.6 Å². The predicted octanol–water partition coefficient (Wildman–Crippen LogP) is 1.89. The van der Waals surface area contributed by atoms with Crippen LogP contribution in [0.2, 0.25) is 0 Å². The van der Waals surface area contributed by atoms with Crippen LogP contribution in [0.5, 0.6) is 0 Å². The van der Waals surface area contributed by atoms with Gasteiger partial charge in [0.1, 0.15) is 5.60 Å². The Morgan fingerprint density at radius 2 is 2.05 bits per heavy atom. The van der Waals surface area contributed by atoms with Gasteiger partial charge in [0.25, 0.3) is 5.92 Å². The zero-order valence-corrected chi connectivity index (χ0v) is 11.0. The largest absolute Gasteiger partial charge is 0.455 e. The van der Waals surface area contributed by atoms with Crippen LogP contribution in [0.25, 0.3) is 0 Å². The number of rotatable bonds is 2. The SMILES string of the molecule is CC(C)(C)OC(=O)c1ccnc(N2CC(F)(F)C2)n1. The van der Waals surface area contributed by atoms with Gasteiger partial charge in [0.05, 0.1) is 13.1 Å². The van der Waals surface area contributed by atoms with Crippen LogP contribution < -0.4 is 4.90 Å². The Morgan fingerprint density at radius 1 is 1.42 bits per heavy atom. The summed E-state index contributed by atoms with van der Waals surface area (Å²) < 4.78 is 30.7. The van der Waals surface area contributed by atoms with Crippen molar-refractivity contribution in [2.45, 2.75) is 32.3 Å². The lowest BCUT2D eigenvalue weighted by Gasteiger charge is -2.38. The van der Waals surface area contributed by atoms with Crippen molar-refractivity contribution in [3.8, 4) is 0 Å². The zero-order valence-electron chi connectivity index (χ0n) is 11.0. The second-order valence-electron chi connectivity index (χ2n) is 5.46. The van der Waals surface area contributed by atoms with Crippen molar-refractivity contribution in [2.75, 3.05) is 18.0 Å². The minimum Gasteiger partial charge on any atom is -0.455 e. The van der Waals surface area contributed by atoms with Crippen molar-refractivity contribution in [3.63, 3.8) is 0 Å². The maximum atomic E-state index is 12.8. The lowest BCUT2D eigenvalue weighted by atomic mass is 10.2. The van der Waals surface area contributed by atoms with Gasteiger partial charge >= 0.3 is 5.97 Å². The first-order chi connectivity index (χ1) is 8.66. The van der Waals surface area contributed by atoms with Gasteiger partial charge in [-0.05, 0) is 26.8 Å². The molecule has 5 nitrogen and oxygen atoms in total. The van der Waals surface area contributed by atoms with E-state index in [0.29, 0.717) is 0 Å². The summed E-state index contributed by atoms with van der Waals surface area (Å²) in [4.78, 5) is 20.9. The number of hydrogen-bond donors (Lipinski definition) is 0. The molecule has 1 saturated heterocycles. The standard InChI is InChI=1S/C12H15F2N3O2/c1-11(2,3)19-9(18)8-4-5-15-10(16-8)17-6-12(13,14)7-17/h4-5H,6-7H2,1-3H3. The van der Waals surface area contributed by atoms with Crippen molar-refractivity contribution in [1.82, 2.24) is 9.97 Å². The smallest absolute Gasteiger partial charge is 0.357 e. The Hall–Kier alpha value is -1.79. The second-order valence-corrected chi connectivity index (χ2v) is 5.46. The molecular weight excluding hydrogens is 256 g/mol. The minimum atomic E-state index is -2.70. The van der Waals surface area contributed by atoms with Crippen LogP contribution in [0.3, 0.4) is 0 Å². The Bertz CT molecular complexity index is 492. The lowest BCUT2D eigenvalue weighted by molar-refractivity contribution is -0.0271. The summed E-state index contributed by atoms with van der Waals surface area (Å²) in [5.41, 5.74) is -0.568. The maximum absolute atomic E-state index is 12.8. The van der Waals surface area contributed by atoms with Gasteiger partial charge < -0.3 is 9.64 Å². The van der Waals surface area contributed by atoms with Crippen molar-refractivity contribution in [1.29, 1.82) is 0 Å². The molecule has 2 rings (SSSR count). The van der Waals surface area contributed by atoms with Gasteiger partial charge in [-0.25, -0.2) is 23.5 Å². The van der Waals surface area contributed by atoms with E-state index in [-0.39, 0.29) is 11.6 Å². The number of alkyl halides is 2. The first kappa shape index (κ1) is 13.6. The molecule has 0 spiro atoms. The highest BCUT2D eigenvalue weighted by atomic mass is 19.3. The first-order valence-corrected chi connectivity index (χ1v) is 5.85. The Morgan fingerprint density at radius 3 is 2.58 bits per heavy atom. The van der Waals surface area contributed by atoms with E-state index in [1.165, 1.54) is 17.2 Å². The van der Waals surface area contributed by atoms with Gasteiger partial charge in [-0.1, -0.05) is 0 Å². The van der Waals surface area contributed by atoms with Crippen molar-refractivity contribution >= 4 is 11.9 Å². The summed E-state index contributed by atoms with van der Waals surface area (Å²) in [6, 6.07) is 1.40. The van der Waals surface area contributed by atoms with E-state index < -0.39 is 30.6 Å². The molecule has 0 N–H and O–H groups in total. The van der Waals surface area contributed by atoms with E-state index in [1.54, 1.807) is 20.8 Å². The van der Waals surface area contributed by atoms with Crippen LogP contribution >= 0.6 is 0 Å². The fourth-order valence-corrected chi connectivity index (χ4v) is 1.60. The normalized spacial score (nSPS) is 17.8. The zero-order chi connectivity index (χ0) is 14.3. The van der Waals surface area contributed by atoms with E-state index in [2.05, 4.69) is 9.97 Å². The Labute approximate surface area is 109 Å². The Kier molecular flexibility index (Phi) is 3.15. The van der Waals surface area contributed by atoms with E-state index in [4.69, 9.17) is 4.74 Å². The van der Waals surface area contributed by atoms with Crippen LogP contribution in [0.15, 0.2) is 12.3 Å². The molecular formula is C12H15F2N3O2. The highest BCUT2D eigenvalue weighted by molar-refractivity contribution is 5.87. The minimum absolute atomic E-state index is 0.0649. The van der Waals surface area contributed by atoms with Crippen molar-refractivity contribution in [3.05, 3.63) is 18.0 Å². The van der Waals surface area contributed by atoms with Gasteiger partial charge in [0.15, 0.2) is 5.69 Å². The summed E-state index contributed by atoms with van der Waals surface area (Å²) in [5.74, 6) is -3.18. The Balaban J connectivity index is 2.10. The number of aromatic nitrogens is 2. The molecule has 0 radical (unpaired) electrons. The van der Waals surface area contributed by atoms with Crippen LogP contribution in [-0.4, -0.2) is 40.6 Å². The van der Waals surface area contributed by atoms with Gasteiger partial charge in [-0.2, -0.15) is 0 Å². The predicted molar refractivity (Wildman–Crippen MR) is 64.4 cm³/mol. The highest BCUT2D eigenvalue weighted by Crippen LogP contribution is 2.29. The molecule has 1 fully saturated rings. The summed E-state index contributed by atoms with van der Waals surface area (Å²) in [6.45, 7) is 4.37. The number of carbonyl (C=O) groups excluding carboxylic acids is 1. The highest BCUT2D eigenvalue weighted by Gasteiger charge is 2.45. The average Bonchev–Trinajstić information content (AvgIpc) is 2.23. The lowest BCUT2D eigenvalue weighted by Crippen LogP contribution is -2.57. The molecule has 1 aliphatic rings. The first-order valence-electron chi connectivity index (χ1n) is 5.85. The number of nitrogens with zero attached hydrogens (tertiary/aromatic N) is 3. The summed E-state index contributed by atoms with van der Waals surface area (Å²) >= 11 is 0. The molecule has 0 aromatic carbocycles. The number of carbonyl (C=O) groups is 1. The quantitative estimate of drug-likeness (QED) is 0.769. The molecule has 19 heavy (non-hydrogen) atoms. The van der Waals surface area contributed by atoms with E-state index in [0.717, 1.165) is 0 Å². The molecule has 0 aliphatic carbocycles. The second kappa shape index (κ2) is 4.40. The molecule has 0 unspecified atom stereocenters. The van der Waals surface area contributed by atoms with Crippen LogP contribution in [0.1, 0.15) is 31.3 Å². The topological polar surface area (TPSA) is 55.3 Å². The molecule has 1 aliphatic heterocycles. The third-order valence-electron chi connectivity index (χ3n) is 2.38. The third-order valence-corrected chi connectivity index (χ3v) is 2.38. The van der Waals surface area contributed by atoms with Gasteiger partial charge in [0, 0.05) is 6.20 Å². The molecule has 2 heterocycles. The monoisotopic (exact) mass is 271 g/mol. The summed E-state index contributed by atoms with van der Waals surface area (Å²) in [6.07, 6.45) is 1.36. The number of halogens is 2. The molecule has 0 bridgehead atoms. The van der Waals surface area contributed by atoms with Crippen LogP contribution in [0, 0.1) is 0 Å². The summed E-state index contributed by atoms with van der Waals surface area (Å²) in [5, 5.41) is 0. The van der Waals surface area contributed by atoms with Crippen molar-refractivity contribution < 1.29 is 18.3 Å². The van der Waals surface area contributed by atoms with Crippen molar-refractivity contribution in [2.24, 2.45) is 0 Å². The summed E-state index contributed by atoms with van der Waals surface area (Å²) in [7, 11) is 0. The molecule has 0 atom stereocenters. The third kappa shape index (κ3) is 3.36. The average molecular weight is 271 g/mol. The number of anilines is 1. The molecule has 104 valence electrons. The molecule has 0 saturated carbocycles. The fourth-order valence-electron chi connectivity index (χ4n) is 1.60.